The lowest BCUT2D eigenvalue weighted by Crippen LogP contribution is -1.89. The lowest BCUT2D eigenvalue weighted by atomic mass is 10.0. The van der Waals surface area contributed by atoms with Gasteiger partial charge in [-0.2, -0.15) is 0 Å². The van der Waals surface area contributed by atoms with Crippen LogP contribution in [0.5, 0.6) is 40.2 Å². The molecule has 3 aromatic rings. The molecule has 26 heavy (non-hydrogen) atoms. The van der Waals surface area contributed by atoms with Crippen LogP contribution in [-0.4, -0.2) is 35.7 Å². The maximum absolute atomic E-state index is 9.61. The summed E-state index contributed by atoms with van der Waals surface area (Å²) in [6.07, 6.45) is 0.318. The fourth-order valence-corrected chi connectivity index (χ4v) is 2.13. The Kier molecular flexibility index (Phi) is 5.64. The Labute approximate surface area is 148 Å². The van der Waals surface area contributed by atoms with Crippen LogP contribution in [0.1, 0.15) is 11.1 Å². The monoisotopic (exact) mass is 358 g/mol. The Morgan fingerprint density at radius 2 is 0.923 bits per heavy atom. The maximum atomic E-state index is 9.61. The van der Waals surface area contributed by atoms with E-state index in [1.54, 1.807) is 12.1 Å². The second-order valence-electron chi connectivity index (χ2n) is 5.45. The summed E-state index contributed by atoms with van der Waals surface area (Å²) in [5.41, 5.74) is 1.17. The van der Waals surface area contributed by atoms with Crippen LogP contribution in [0.2, 0.25) is 0 Å². The third-order valence-corrected chi connectivity index (χ3v) is 3.51. The number of hydrogen-bond donors (Lipinski definition) is 7. The third-order valence-electron chi connectivity index (χ3n) is 3.51. The Morgan fingerprint density at radius 3 is 1.27 bits per heavy atom. The zero-order valence-electron chi connectivity index (χ0n) is 13.5. The highest BCUT2D eigenvalue weighted by Crippen LogP contribution is 2.33. The van der Waals surface area contributed by atoms with Gasteiger partial charge in [0.25, 0.3) is 0 Å². The highest BCUT2D eigenvalue weighted by Gasteiger charge is 2.07. The fourth-order valence-electron chi connectivity index (χ4n) is 2.13. The molecule has 0 heterocycles. The van der Waals surface area contributed by atoms with Crippen molar-refractivity contribution in [2.24, 2.45) is 0 Å². The van der Waals surface area contributed by atoms with Crippen LogP contribution in [0, 0.1) is 0 Å². The Hall–Kier alpha value is -3.74. The average Bonchev–Trinajstić information content (AvgIpc) is 2.58. The average molecular weight is 358 g/mol. The molecule has 3 aromatic carbocycles. The Balaban J connectivity index is 0.000000228. The van der Waals surface area contributed by atoms with Crippen LogP contribution in [0.25, 0.3) is 0 Å². The van der Waals surface area contributed by atoms with E-state index in [0.717, 1.165) is 0 Å². The molecule has 7 heteroatoms. The molecule has 0 aliphatic carbocycles. The number of aromatic hydroxyl groups is 7. The van der Waals surface area contributed by atoms with E-state index >= 15 is 0 Å². The number of para-hydroxylation sites is 1. The molecule has 136 valence electrons. The van der Waals surface area contributed by atoms with Crippen molar-refractivity contribution in [2.75, 3.05) is 0 Å². The SMILES string of the molecule is Oc1ccc(Cc2ccc(O)cc2O)c(O)c1.Oc1cccc(O)c1O. The molecule has 0 unspecified atom stereocenters. The van der Waals surface area contributed by atoms with E-state index in [4.69, 9.17) is 25.5 Å². The first-order chi connectivity index (χ1) is 12.3. The Bertz CT molecular complexity index is 837. The van der Waals surface area contributed by atoms with Crippen molar-refractivity contribution in [3.63, 3.8) is 0 Å². The highest BCUT2D eigenvalue weighted by atomic mass is 16.3. The van der Waals surface area contributed by atoms with Gasteiger partial charge in [-0.1, -0.05) is 18.2 Å². The zero-order valence-corrected chi connectivity index (χ0v) is 13.5. The first-order valence-electron chi connectivity index (χ1n) is 7.49. The van der Waals surface area contributed by atoms with Crippen molar-refractivity contribution in [1.82, 2.24) is 0 Å². The lowest BCUT2D eigenvalue weighted by Gasteiger charge is -2.07. The van der Waals surface area contributed by atoms with Gasteiger partial charge in [-0.15, -0.1) is 0 Å². The smallest absolute Gasteiger partial charge is 0.200 e. The van der Waals surface area contributed by atoms with Crippen molar-refractivity contribution in [2.45, 2.75) is 6.42 Å². The van der Waals surface area contributed by atoms with E-state index in [-0.39, 0.29) is 34.5 Å². The molecular formula is C19H18O7. The van der Waals surface area contributed by atoms with Gasteiger partial charge in [0.2, 0.25) is 0 Å². The molecule has 0 spiro atoms. The Morgan fingerprint density at radius 1 is 0.500 bits per heavy atom. The second kappa shape index (κ2) is 7.89. The lowest BCUT2D eigenvalue weighted by molar-refractivity contribution is 0.368. The van der Waals surface area contributed by atoms with Gasteiger partial charge >= 0.3 is 0 Å². The van der Waals surface area contributed by atoms with E-state index < -0.39 is 5.75 Å². The standard InChI is InChI=1S/C13H12O4.C6H6O3/c14-10-3-1-8(12(16)6-10)5-9-2-4-11(15)7-13(9)17;7-4-2-1-3-5(8)6(4)9/h1-4,6-7,14-17H,5H2;1-3,7-9H. The quantitative estimate of drug-likeness (QED) is 0.349. The molecule has 0 aliphatic rings. The van der Waals surface area contributed by atoms with E-state index in [2.05, 4.69) is 0 Å². The summed E-state index contributed by atoms with van der Waals surface area (Å²) in [5.74, 6) is -1.18. The topological polar surface area (TPSA) is 142 Å². The molecule has 0 atom stereocenters. The van der Waals surface area contributed by atoms with Crippen LogP contribution in [0.4, 0.5) is 0 Å². The van der Waals surface area contributed by atoms with Crippen LogP contribution in [0.15, 0.2) is 54.6 Å². The molecular weight excluding hydrogens is 340 g/mol. The molecule has 0 aliphatic heterocycles. The summed E-state index contributed by atoms with van der Waals surface area (Å²) in [7, 11) is 0. The van der Waals surface area contributed by atoms with Gasteiger partial charge in [-0.3, -0.25) is 0 Å². The first kappa shape index (κ1) is 18.6. The minimum absolute atomic E-state index is 0.0128. The van der Waals surface area contributed by atoms with E-state index in [1.807, 2.05) is 0 Å². The predicted octanol–water partition coefficient (Wildman–Crippen LogP) is 2.90. The molecule has 3 rings (SSSR count). The normalized spacial score (nSPS) is 10.0. The van der Waals surface area contributed by atoms with Gasteiger partial charge in [0, 0.05) is 18.6 Å². The summed E-state index contributed by atoms with van der Waals surface area (Å²) in [4.78, 5) is 0. The van der Waals surface area contributed by atoms with Gasteiger partial charge in [0.1, 0.15) is 23.0 Å². The van der Waals surface area contributed by atoms with E-state index in [1.165, 1.54) is 42.5 Å². The van der Waals surface area contributed by atoms with Gasteiger partial charge in [-0.05, 0) is 35.4 Å². The fraction of sp³-hybridized carbons (Fsp3) is 0.0526. The summed E-state index contributed by atoms with van der Waals surface area (Å²) in [6.45, 7) is 0. The third kappa shape index (κ3) is 4.64. The molecule has 7 nitrogen and oxygen atoms in total. The van der Waals surface area contributed by atoms with Crippen molar-refractivity contribution in [1.29, 1.82) is 0 Å². The minimum atomic E-state index is -0.475. The van der Waals surface area contributed by atoms with Crippen molar-refractivity contribution >= 4 is 0 Å². The summed E-state index contributed by atoms with van der Waals surface area (Å²) < 4.78 is 0. The van der Waals surface area contributed by atoms with Crippen molar-refractivity contribution in [3.05, 3.63) is 65.7 Å². The van der Waals surface area contributed by atoms with Crippen LogP contribution >= 0.6 is 0 Å². The summed E-state index contributed by atoms with van der Waals surface area (Å²) in [5, 5.41) is 63.6. The zero-order chi connectivity index (χ0) is 19.3. The van der Waals surface area contributed by atoms with E-state index in [0.29, 0.717) is 17.5 Å². The van der Waals surface area contributed by atoms with Crippen LogP contribution < -0.4 is 0 Å². The second-order valence-corrected chi connectivity index (χ2v) is 5.45. The molecule has 0 saturated carbocycles. The molecule has 0 bridgehead atoms. The van der Waals surface area contributed by atoms with Crippen molar-refractivity contribution in [3.8, 4) is 40.2 Å². The van der Waals surface area contributed by atoms with Crippen LogP contribution in [0.3, 0.4) is 0 Å². The molecule has 0 amide bonds. The predicted molar refractivity (Wildman–Crippen MR) is 93.8 cm³/mol. The van der Waals surface area contributed by atoms with Crippen molar-refractivity contribution < 1.29 is 35.7 Å². The van der Waals surface area contributed by atoms with E-state index in [9.17, 15) is 10.2 Å². The highest BCUT2D eigenvalue weighted by molar-refractivity contribution is 5.48. The molecule has 0 fully saturated rings. The largest absolute Gasteiger partial charge is 0.508 e. The summed E-state index contributed by atoms with van der Waals surface area (Å²) in [6, 6.07) is 12.6. The number of rotatable bonds is 2. The number of phenols is 7. The molecule has 0 aromatic heterocycles. The first-order valence-corrected chi connectivity index (χ1v) is 7.49. The number of hydrogen-bond acceptors (Lipinski definition) is 7. The van der Waals surface area contributed by atoms with Gasteiger partial charge in [0.05, 0.1) is 0 Å². The van der Waals surface area contributed by atoms with Gasteiger partial charge in [-0.25, -0.2) is 0 Å². The van der Waals surface area contributed by atoms with Gasteiger partial charge in [0.15, 0.2) is 17.2 Å². The minimum Gasteiger partial charge on any atom is -0.508 e. The summed E-state index contributed by atoms with van der Waals surface area (Å²) >= 11 is 0. The molecule has 0 saturated heterocycles. The number of benzene rings is 3. The maximum Gasteiger partial charge on any atom is 0.200 e. The van der Waals surface area contributed by atoms with Gasteiger partial charge < -0.3 is 35.7 Å². The van der Waals surface area contributed by atoms with Crippen LogP contribution in [-0.2, 0) is 6.42 Å². The molecule has 7 N–H and O–H groups in total. The molecule has 0 radical (unpaired) electrons. The number of phenolic OH excluding ortho intramolecular Hbond substituents is 7.